The first-order valence-electron chi connectivity index (χ1n) is 5.34. The number of rotatable bonds is 2. The van der Waals surface area contributed by atoms with E-state index in [0.29, 0.717) is 10.7 Å². The molecule has 88 valence electrons. The second-order valence-corrected chi connectivity index (χ2v) is 4.71. The van der Waals surface area contributed by atoms with Crippen LogP contribution in [-0.4, -0.2) is 16.2 Å². The Kier molecular flexibility index (Phi) is 3.33. The van der Waals surface area contributed by atoms with Gasteiger partial charge in [-0.05, 0) is 20.1 Å². The van der Waals surface area contributed by atoms with E-state index in [1.54, 1.807) is 6.92 Å². The van der Waals surface area contributed by atoms with E-state index in [0.717, 1.165) is 11.3 Å². The molecule has 3 nitrogen and oxygen atoms in total. The number of aromatic nitrogens is 2. The van der Waals surface area contributed by atoms with E-state index in [-0.39, 0.29) is 5.56 Å². The number of nitrogens with one attached hydrogen (secondary N) is 1. The first kappa shape index (κ1) is 11.9. The first-order valence-corrected chi connectivity index (χ1v) is 6.56. The summed E-state index contributed by atoms with van der Waals surface area (Å²) in [7, 11) is 0. The fraction of sp³-hybridized carbons (Fsp3) is 0.231. The third-order valence-electron chi connectivity index (χ3n) is 2.65. The molecule has 0 saturated carbocycles. The summed E-state index contributed by atoms with van der Waals surface area (Å²) in [5.74, 6) is 0. The second kappa shape index (κ2) is 4.75. The van der Waals surface area contributed by atoms with E-state index in [1.165, 1.54) is 17.3 Å². The van der Waals surface area contributed by atoms with Gasteiger partial charge in [-0.2, -0.15) is 0 Å². The number of thioether (sulfide) groups is 1. The summed E-state index contributed by atoms with van der Waals surface area (Å²) in [6.45, 7) is 3.83. The molecule has 1 heterocycles. The third kappa shape index (κ3) is 2.42. The second-order valence-electron chi connectivity index (χ2n) is 3.91. The van der Waals surface area contributed by atoms with Crippen molar-refractivity contribution in [1.82, 2.24) is 9.97 Å². The molecule has 0 aliphatic heterocycles. The van der Waals surface area contributed by atoms with Crippen molar-refractivity contribution in [2.24, 2.45) is 0 Å². The summed E-state index contributed by atoms with van der Waals surface area (Å²) >= 11 is 1.44. The predicted molar refractivity (Wildman–Crippen MR) is 71.5 cm³/mol. The maximum Gasteiger partial charge on any atom is 0.255 e. The van der Waals surface area contributed by atoms with Crippen molar-refractivity contribution in [2.45, 2.75) is 19.0 Å². The maximum atomic E-state index is 11.8. The first-order chi connectivity index (χ1) is 8.11. The van der Waals surface area contributed by atoms with Crippen LogP contribution in [0.4, 0.5) is 0 Å². The molecule has 0 aliphatic rings. The summed E-state index contributed by atoms with van der Waals surface area (Å²) in [4.78, 5) is 19.0. The Labute approximate surface area is 104 Å². The van der Waals surface area contributed by atoms with Crippen LogP contribution in [0.1, 0.15) is 11.1 Å². The number of aromatic amines is 1. The topological polar surface area (TPSA) is 45.8 Å². The van der Waals surface area contributed by atoms with E-state index in [2.05, 4.69) is 9.97 Å². The molecular formula is C13H14N2OS. The van der Waals surface area contributed by atoms with Crippen LogP contribution in [0.5, 0.6) is 0 Å². The Bertz CT molecular complexity index is 587. The molecular weight excluding hydrogens is 232 g/mol. The lowest BCUT2D eigenvalue weighted by molar-refractivity contribution is 0.926. The fourth-order valence-corrected chi connectivity index (χ4v) is 1.98. The minimum absolute atomic E-state index is 0.0695. The van der Waals surface area contributed by atoms with E-state index in [4.69, 9.17) is 0 Å². The number of hydrogen-bond donors (Lipinski definition) is 1. The highest BCUT2D eigenvalue weighted by Crippen LogP contribution is 2.21. The number of hydrogen-bond acceptors (Lipinski definition) is 3. The Morgan fingerprint density at radius 1 is 1.18 bits per heavy atom. The van der Waals surface area contributed by atoms with Crippen molar-refractivity contribution in [3.05, 3.63) is 45.7 Å². The van der Waals surface area contributed by atoms with Crippen LogP contribution in [0.15, 0.2) is 34.2 Å². The lowest BCUT2D eigenvalue weighted by atomic mass is 10.1. The molecule has 0 bridgehead atoms. The molecule has 0 aliphatic carbocycles. The molecule has 0 radical (unpaired) electrons. The summed E-state index contributed by atoms with van der Waals surface area (Å²) in [6, 6.07) is 8.04. The quantitative estimate of drug-likeness (QED) is 0.654. The largest absolute Gasteiger partial charge is 0.301 e. The Morgan fingerprint density at radius 3 is 2.41 bits per heavy atom. The normalized spacial score (nSPS) is 10.5. The molecule has 0 saturated heterocycles. The summed E-state index contributed by atoms with van der Waals surface area (Å²) in [5.41, 5.74) is 3.53. The summed E-state index contributed by atoms with van der Waals surface area (Å²) in [5, 5.41) is 0.649. The molecule has 1 aromatic heterocycles. The highest BCUT2D eigenvalue weighted by Gasteiger charge is 2.08. The third-order valence-corrected chi connectivity index (χ3v) is 3.23. The van der Waals surface area contributed by atoms with E-state index < -0.39 is 0 Å². The van der Waals surface area contributed by atoms with Gasteiger partial charge in [-0.15, -0.1) is 0 Å². The van der Waals surface area contributed by atoms with Crippen molar-refractivity contribution in [3.8, 4) is 11.3 Å². The number of aryl methyl sites for hydroxylation is 1. The summed E-state index contributed by atoms with van der Waals surface area (Å²) in [6.07, 6.45) is 1.90. The molecule has 2 rings (SSSR count). The van der Waals surface area contributed by atoms with Crippen LogP contribution >= 0.6 is 11.8 Å². The Balaban J connectivity index is 2.62. The average molecular weight is 246 g/mol. The zero-order valence-corrected chi connectivity index (χ0v) is 10.9. The van der Waals surface area contributed by atoms with Crippen molar-refractivity contribution < 1.29 is 0 Å². The lowest BCUT2D eigenvalue weighted by Crippen LogP contribution is -2.13. The van der Waals surface area contributed by atoms with Gasteiger partial charge in [0.05, 0.1) is 5.69 Å². The molecule has 17 heavy (non-hydrogen) atoms. The molecule has 0 unspecified atom stereocenters. The smallest absolute Gasteiger partial charge is 0.255 e. The summed E-state index contributed by atoms with van der Waals surface area (Å²) < 4.78 is 0. The number of H-pyrrole nitrogens is 1. The van der Waals surface area contributed by atoms with Gasteiger partial charge in [-0.1, -0.05) is 41.6 Å². The van der Waals surface area contributed by atoms with Gasteiger partial charge >= 0.3 is 0 Å². The Morgan fingerprint density at radius 2 is 1.82 bits per heavy atom. The van der Waals surface area contributed by atoms with Gasteiger partial charge in [0.25, 0.3) is 5.56 Å². The predicted octanol–water partition coefficient (Wildman–Crippen LogP) is 2.78. The molecule has 1 aromatic carbocycles. The molecule has 4 heteroatoms. The van der Waals surface area contributed by atoms with Crippen LogP contribution in [0.3, 0.4) is 0 Å². The monoisotopic (exact) mass is 246 g/mol. The molecule has 1 N–H and O–H groups in total. The highest BCUT2D eigenvalue weighted by molar-refractivity contribution is 7.98. The zero-order chi connectivity index (χ0) is 12.4. The zero-order valence-electron chi connectivity index (χ0n) is 10.1. The average Bonchev–Trinajstić information content (AvgIpc) is 2.34. The molecule has 0 atom stereocenters. The van der Waals surface area contributed by atoms with E-state index in [1.807, 2.05) is 37.4 Å². The molecule has 0 amide bonds. The van der Waals surface area contributed by atoms with Gasteiger partial charge < -0.3 is 4.98 Å². The van der Waals surface area contributed by atoms with Crippen LogP contribution in [-0.2, 0) is 0 Å². The van der Waals surface area contributed by atoms with Crippen LogP contribution in [0.25, 0.3) is 11.3 Å². The van der Waals surface area contributed by atoms with Gasteiger partial charge in [0, 0.05) is 11.1 Å². The van der Waals surface area contributed by atoms with E-state index in [9.17, 15) is 4.79 Å². The molecule has 0 spiro atoms. The SMILES string of the molecule is CSc1nc(-c2ccc(C)cc2)c(C)c(=O)[nH]1. The van der Waals surface area contributed by atoms with Gasteiger partial charge in [0.1, 0.15) is 0 Å². The number of nitrogens with zero attached hydrogens (tertiary/aromatic N) is 1. The maximum absolute atomic E-state index is 11.8. The van der Waals surface area contributed by atoms with Crippen LogP contribution in [0.2, 0.25) is 0 Å². The standard InChI is InChI=1S/C13H14N2OS/c1-8-4-6-10(7-5-8)11-9(2)12(16)15-13(14-11)17-3/h4-7H,1-3H3,(H,14,15,16). The van der Waals surface area contributed by atoms with Gasteiger partial charge in [-0.25, -0.2) is 4.98 Å². The van der Waals surface area contributed by atoms with Crippen LogP contribution in [0, 0.1) is 13.8 Å². The van der Waals surface area contributed by atoms with Crippen LogP contribution < -0.4 is 5.56 Å². The minimum atomic E-state index is -0.0695. The van der Waals surface area contributed by atoms with Crippen molar-refractivity contribution in [2.75, 3.05) is 6.26 Å². The van der Waals surface area contributed by atoms with E-state index >= 15 is 0 Å². The van der Waals surface area contributed by atoms with Gasteiger partial charge in [0.15, 0.2) is 5.16 Å². The lowest BCUT2D eigenvalue weighted by Gasteiger charge is -2.06. The molecule has 0 fully saturated rings. The highest BCUT2D eigenvalue weighted by atomic mass is 32.2. The van der Waals surface area contributed by atoms with Crippen molar-refractivity contribution in [1.29, 1.82) is 0 Å². The molecule has 2 aromatic rings. The van der Waals surface area contributed by atoms with Gasteiger partial charge in [0.2, 0.25) is 0 Å². The van der Waals surface area contributed by atoms with Crippen molar-refractivity contribution in [3.63, 3.8) is 0 Å². The minimum Gasteiger partial charge on any atom is -0.301 e. The van der Waals surface area contributed by atoms with Crippen molar-refractivity contribution >= 4 is 11.8 Å². The Hall–Kier alpha value is -1.55. The fourth-order valence-electron chi connectivity index (χ4n) is 1.60. The van der Waals surface area contributed by atoms with Gasteiger partial charge in [-0.3, -0.25) is 4.79 Å². The number of benzene rings is 1.